The molecule has 2 aromatic heterocycles. The van der Waals surface area contributed by atoms with Gasteiger partial charge in [0.05, 0.1) is 16.7 Å². The van der Waals surface area contributed by atoms with Crippen LogP contribution in [0.15, 0.2) is 58.5 Å². The largest absolute Gasteiger partial charge is 0.454 e. The summed E-state index contributed by atoms with van der Waals surface area (Å²) in [7, 11) is 0. The van der Waals surface area contributed by atoms with Gasteiger partial charge in [0.15, 0.2) is 22.4 Å². The van der Waals surface area contributed by atoms with E-state index in [9.17, 15) is 9.59 Å². The second-order valence-corrected chi connectivity index (χ2v) is 10.3. The SMILES string of the molecule is Cc1cc(C(=O)CSc2nc3ccccc3c(=O)n2C2CCCC2)c(C)n1-c1ccc2c(c1)OCO2. The summed E-state index contributed by atoms with van der Waals surface area (Å²) in [6, 6.07) is 15.3. The molecule has 0 radical (unpaired) electrons. The topological polar surface area (TPSA) is 75.4 Å². The van der Waals surface area contributed by atoms with Crippen LogP contribution in [-0.2, 0) is 0 Å². The van der Waals surface area contributed by atoms with Crippen LogP contribution in [0.4, 0.5) is 0 Å². The Morgan fingerprint density at radius 2 is 1.83 bits per heavy atom. The van der Waals surface area contributed by atoms with Crippen molar-refractivity contribution in [3.63, 3.8) is 0 Å². The molecule has 184 valence electrons. The highest BCUT2D eigenvalue weighted by Crippen LogP contribution is 2.36. The van der Waals surface area contributed by atoms with E-state index >= 15 is 0 Å². The third-order valence-electron chi connectivity index (χ3n) is 7.14. The van der Waals surface area contributed by atoms with Crippen LogP contribution in [0.3, 0.4) is 0 Å². The number of rotatable bonds is 6. The van der Waals surface area contributed by atoms with Gasteiger partial charge in [0.25, 0.3) is 5.56 Å². The predicted octanol–water partition coefficient (Wildman–Crippen LogP) is 5.62. The molecule has 7 nitrogen and oxygen atoms in total. The molecule has 2 aliphatic rings. The first-order valence-electron chi connectivity index (χ1n) is 12.3. The van der Waals surface area contributed by atoms with Crippen molar-refractivity contribution in [2.45, 2.75) is 50.7 Å². The van der Waals surface area contributed by atoms with E-state index in [2.05, 4.69) is 4.57 Å². The molecule has 3 heterocycles. The van der Waals surface area contributed by atoms with Gasteiger partial charge in [-0.3, -0.25) is 14.2 Å². The van der Waals surface area contributed by atoms with E-state index < -0.39 is 0 Å². The third-order valence-corrected chi connectivity index (χ3v) is 8.10. The highest BCUT2D eigenvalue weighted by atomic mass is 32.2. The first-order chi connectivity index (χ1) is 17.5. The molecular weight excluding hydrogens is 474 g/mol. The summed E-state index contributed by atoms with van der Waals surface area (Å²) in [5, 5.41) is 1.26. The van der Waals surface area contributed by atoms with Crippen LogP contribution in [0, 0.1) is 13.8 Å². The molecule has 1 fully saturated rings. The molecule has 1 saturated carbocycles. The summed E-state index contributed by atoms with van der Waals surface area (Å²) in [5.74, 6) is 1.66. The van der Waals surface area contributed by atoms with Crippen molar-refractivity contribution in [2.24, 2.45) is 0 Å². The average molecular weight is 502 g/mol. The van der Waals surface area contributed by atoms with Crippen molar-refractivity contribution in [2.75, 3.05) is 12.5 Å². The molecular formula is C28H27N3O4S. The maximum atomic E-state index is 13.4. The minimum Gasteiger partial charge on any atom is -0.454 e. The molecule has 1 aliphatic heterocycles. The fraction of sp³-hybridized carbons (Fsp3) is 0.321. The lowest BCUT2D eigenvalue weighted by molar-refractivity contribution is 0.102. The molecule has 0 N–H and O–H groups in total. The minimum atomic E-state index is -0.0107. The predicted molar refractivity (Wildman–Crippen MR) is 140 cm³/mol. The molecule has 0 spiro atoms. The van der Waals surface area contributed by atoms with Gasteiger partial charge in [0.1, 0.15) is 0 Å². The number of para-hydroxylation sites is 1. The van der Waals surface area contributed by atoms with Gasteiger partial charge in [0, 0.05) is 34.7 Å². The molecule has 2 aromatic carbocycles. The summed E-state index contributed by atoms with van der Waals surface area (Å²) in [6.45, 7) is 4.17. The lowest BCUT2D eigenvalue weighted by Crippen LogP contribution is -2.26. The lowest BCUT2D eigenvalue weighted by atomic mass is 10.2. The molecule has 8 heteroatoms. The van der Waals surface area contributed by atoms with Crippen LogP contribution in [0.1, 0.15) is 53.5 Å². The Morgan fingerprint density at radius 3 is 2.67 bits per heavy atom. The molecule has 0 amide bonds. The third kappa shape index (κ3) is 3.89. The molecule has 0 saturated heterocycles. The Kier molecular flexibility index (Phi) is 5.84. The second-order valence-electron chi connectivity index (χ2n) is 9.39. The summed E-state index contributed by atoms with van der Waals surface area (Å²) in [6.07, 6.45) is 4.16. The van der Waals surface area contributed by atoms with Gasteiger partial charge < -0.3 is 14.0 Å². The lowest BCUT2D eigenvalue weighted by Gasteiger charge is -2.18. The smallest absolute Gasteiger partial charge is 0.262 e. The fourth-order valence-corrected chi connectivity index (χ4v) is 6.34. The van der Waals surface area contributed by atoms with Crippen molar-refractivity contribution in [1.29, 1.82) is 0 Å². The van der Waals surface area contributed by atoms with Gasteiger partial charge in [0.2, 0.25) is 6.79 Å². The van der Waals surface area contributed by atoms with Crippen LogP contribution in [0.5, 0.6) is 11.5 Å². The van der Waals surface area contributed by atoms with Gasteiger partial charge in [-0.05, 0) is 57.0 Å². The first kappa shape index (κ1) is 22.9. The summed E-state index contributed by atoms with van der Waals surface area (Å²) >= 11 is 1.36. The van der Waals surface area contributed by atoms with E-state index in [1.165, 1.54) is 11.8 Å². The zero-order valence-electron chi connectivity index (χ0n) is 20.3. The quantitative estimate of drug-likeness (QED) is 0.194. The molecule has 0 atom stereocenters. The van der Waals surface area contributed by atoms with Gasteiger partial charge >= 0.3 is 0 Å². The number of nitrogens with zero attached hydrogens (tertiary/aromatic N) is 3. The number of carbonyl (C=O) groups is 1. The normalized spacial score (nSPS) is 15.2. The zero-order valence-corrected chi connectivity index (χ0v) is 21.1. The molecule has 0 bridgehead atoms. The number of ether oxygens (including phenoxy) is 2. The Morgan fingerprint density at radius 1 is 1.06 bits per heavy atom. The number of aromatic nitrogens is 3. The highest BCUT2D eigenvalue weighted by Gasteiger charge is 2.25. The molecule has 6 rings (SSSR count). The van der Waals surface area contributed by atoms with Crippen LogP contribution < -0.4 is 15.0 Å². The molecule has 1 aliphatic carbocycles. The second kappa shape index (κ2) is 9.17. The van der Waals surface area contributed by atoms with Crippen molar-refractivity contribution in [3.8, 4) is 17.2 Å². The van der Waals surface area contributed by atoms with E-state index in [0.717, 1.165) is 48.5 Å². The Balaban J connectivity index is 1.30. The molecule has 36 heavy (non-hydrogen) atoms. The number of benzene rings is 2. The summed E-state index contributed by atoms with van der Waals surface area (Å²) in [5.41, 5.74) is 4.10. The average Bonchev–Trinajstić information content (AvgIpc) is 3.63. The molecule has 0 unspecified atom stereocenters. The van der Waals surface area contributed by atoms with Gasteiger partial charge in [-0.1, -0.05) is 36.7 Å². The van der Waals surface area contributed by atoms with E-state index in [0.29, 0.717) is 27.4 Å². The van der Waals surface area contributed by atoms with E-state index in [-0.39, 0.29) is 29.9 Å². The van der Waals surface area contributed by atoms with E-state index in [1.54, 1.807) is 0 Å². The maximum Gasteiger partial charge on any atom is 0.262 e. The number of hydrogen-bond donors (Lipinski definition) is 0. The fourth-order valence-electron chi connectivity index (χ4n) is 5.39. The number of thioether (sulfide) groups is 1. The summed E-state index contributed by atoms with van der Waals surface area (Å²) < 4.78 is 14.9. The van der Waals surface area contributed by atoms with Crippen molar-refractivity contribution in [1.82, 2.24) is 14.1 Å². The summed E-state index contributed by atoms with van der Waals surface area (Å²) in [4.78, 5) is 31.6. The first-order valence-corrected chi connectivity index (χ1v) is 13.3. The monoisotopic (exact) mass is 501 g/mol. The van der Waals surface area contributed by atoms with Crippen molar-refractivity contribution < 1.29 is 14.3 Å². The number of hydrogen-bond acceptors (Lipinski definition) is 6. The maximum absolute atomic E-state index is 13.4. The number of carbonyl (C=O) groups excluding carboxylic acids is 1. The van der Waals surface area contributed by atoms with Crippen molar-refractivity contribution in [3.05, 3.63) is 75.8 Å². The highest BCUT2D eigenvalue weighted by molar-refractivity contribution is 7.99. The minimum absolute atomic E-state index is 0.0107. The van der Waals surface area contributed by atoms with Gasteiger partial charge in [-0.2, -0.15) is 0 Å². The number of aryl methyl sites for hydroxylation is 1. The Bertz CT molecular complexity index is 1550. The van der Waals surface area contributed by atoms with Crippen LogP contribution >= 0.6 is 11.8 Å². The van der Waals surface area contributed by atoms with Gasteiger partial charge in [-0.15, -0.1) is 0 Å². The van der Waals surface area contributed by atoms with E-state index in [4.69, 9.17) is 14.5 Å². The number of ketones is 1. The Hall–Kier alpha value is -3.52. The van der Waals surface area contributed by atoms with Crippen LogP contribution in [0.25, 0.3) is 16.6 Å². The zero-order chi connectivity index (χ0) is 24.8. The van der Waals surface area contributed by atoms with Crippen LogP contribution in [-0.4, -0.2) is 32.4 Å². The van der Waals surface area contributed by atoms with Crippen molar-refractivity contribution >= 4 is 28.4 Å². The van der Waals surface area contributed by atoms with E-state index in [1.807, 2.05) is 66.9 Å². The number of Topliss-reactive ketones (excluding diaryl/α,β-unsaturated/α-hetero) is 1. The van der Waals surface area contributed by atoms with Crippen LogP contribution in [0.2, 0.25) is 0 Å². The van der Waals surface area contributed by atoms with Gasteiger partial charge in [-0.25, -0.2) is 4.98 Å². The Labute approximate surface area is 213 Å². The number of fused-ring (bicyclic) bond motifs is 2. The standard InChI is InChI=1S/C28H27N3O4S/c1-17-13-22(18(2)30(17)20-11-12-25-26(14-20)35-16-34-25)24(32)15-36-28-29-23-10-6-5-9-21(23)27(33)31(28)19-7-3-4-8-19/h5-6,9-14,19H,3-4,7-8,15-16H2,1-2H3. The molecule has 4 aromatic rings.